The fraction of sp³-hybridized carbons (Fsp3) is 0.412. The Morgan fingerprint density at radius 1 is 1.38 bits per heavy atom. The van der Waals surface area contributed by atoms with Crippen LogP contribution in [0.1, 0.15) is 48.3 Å². The largest absolute Gasteiger partial charge is 0.343 e. The van der Waals surface area contributed by atoms with Gasteiger partial charge in [-0.05, 0) is 31.7 Å². The van der Waals surface area contributed by atoms with Gasteiger partial charge < -0.3 is 5.32 Å². The Hall–Kier alpha value is -2.10. The standard InChI is InChI=1S/C17H21N3O/c1-3-17(2,13-8-5-4-6-9-13)19-16(21)14-12-18-20-11-7-10-15(14)20/h4-6,8-9,12H,3,7,10-11H2,1-2H3,(H,19,21). The number of aromatic nitrogens is 2. The number of hydrogen-bond acceptors (Lipinski definition) is 2. The summed E-state index contributed by atoms with van der Waals surface area (Å²) in [5, 5.41) is 7.50. The summed E-state index contributed by atoms with van der Waals surface area (Å²) in [5.74, 6) is -0.0219. The molecule has 0 radical (unpaired) electrons. The molecule has 1 amide bonds. The number of aryl methyl sites for hydroxylation is 1. The van der Waals surface area contributed by atoms with Crippen molar-refractivity contribution in [2.24, 2.45) is 0 Å². The van der Waals surface area contributed by atoms with E-state index < -0.39 is 0 Å². The van der Waals surface area contributed by atoms with Gasteiger partial charge in [0.05, 0.1) is 23.0 Å². The molecule has 1 unspecified atom stereocenters. The molecule has 0 fully saturated rings. The van der Waals surface area contributed by atoms with Crippen molar-refractivity contribution in [1.29, 1.82) is 0 Å². The van der Waals surface area contributed by atoms with Crippen molar-refractivity contribution in [3.63, 3.8) is 0 Å². The fourth-order valence-electron chi connectivity index (χ4n) is 2.94. The zero-order chi connectivity index (χ0) is 14.9. The van der Waals surface area contributed by atoms with E-state index in [4.69, 9.17) is 0 Å². The Labute approximate surface area is 125 Å². The molecule has 2 aromatic rings. The fourth-order valence-corrected chi connectivity index (χ4v) is 2.94. The summed E-state index contributed by atoms with van der Waals surface area (Å²) in [7, 11) is 0. The van der Waals surface area contributed by atoms with Crippen LogP contribution in [-0.4, -0.2) is 15.7 Å². The topological polar surface area (TPSA) is 46.9 Å². The smallest absolute Gasteiger partial charge is 0.255 e. The van der Waals surface area contributed by atoms with E-state index in [1.54, 1.807) is 6.20 Å². The van der Waals surface area contributed by atoms with Gasteiger partial charge in [0.2, 0.25) is 0 Å². The van der Waals surface area contributed by atoms with Crippen molar-refractivity contribution >= 4 is 5.91 Å². The highest BCUT2D eigenvalue weighted by atomic mass is 16.1. The van der Waals surface area contributed by atoms with Crippen LogP contribution in [0.15, 0.2) is 36.5 Å². The molecule has 1 atom stereocenters. The normalized spacial score (nSPS) is 16.3. The minimum atomic E-state index is -0.355. The number of nitrogens with one attached hydrogen (secondary N) is 1. The molecule has 110 valence electrons. The third-order valence-electron chi connectivity index (χ3n) is 4.48. The number of carbonyl (C=O) groups is 1. The number of fused-ring (bicyclic) bond motifs is 1. The number of amides is 1. The molecule has 1 N–H and O–H groups in total. The highest BCUT2D eigenvalue weighted by Crippen LogP contribution is 2.26. The van der Waals surface area contributed by atoms with E-state index in [0.29, 0.717) is 0 Å². The van der Waals surface area contributed by atoms with Gasteiger partial charge in [-0.25, -0.2) is 0 Å². The summed E-state index contributed by atoms with van der Waals surface area (Å²) >= 11 is 0. The lowest BCUT2D eigenvalue weighted by Crippen LogP contribution is -2.43. The van der Waals surface area contributed by atoms with E-state index in [1.165, 1.54) is 0 Å². The van der Waals surface area contributed by atoms with Crippen molar-refractivity contribution in [2.45, 2.75) is 45.2 Å². The molecule has 2 heterocycles. The lowest BCUT2D eigenvalue weighted by Gasteiger charge is -2.30. The monoisotopic (exact) mass is 283 g/mol. The molecule has 0 saturated carbocycles. The molecule has 4 heteroatoms. The van der Waals surface area contributed by atoms with E-state index in [1.807, 2.05) is 22.9 Å². The SMILES string of the molecule is CCC(C)(NC(=O)c1cnn2c1CCC2)c1ccccc1. The van der Waals surface area contributed by atoms with Crippen LogP contribution in [0.25, 0.3) is 0 Å². The zero-order valence-electron chi connectivity index (χ0n) is 12.6. The van der Waals surface area contributed by atoms with Crippen molar-refractivity contribution in [1.82, 2.24) is 15.1 Å². The van der Waals surface area contributed by atoms with Crippen LogP contribution < -0.4 is 5.32 Å². The second-order valence-electron chi connectivity index (χ2n) is 5.84. The van der Waals surface area contributed by atoms with Crippen LogP contribution in [0.3, 0.4) is 0 Å². The highest BCUT2D eigenvalue weighted by Gasteiger charge is 2.29. The summed E-state index contributed by atoms with van der Waals surface area (Å²) in [4.78, 5) is 12.6. The molecule has 0 spiro atoms. The van der Waals surface area contributed by atoms with Gasteiger partial charge in [-0.15, -0.1) is 0 Å². The van der Waals surface area contributed by atoms with E-state index in [9.17, 15) is 4.79 Å². The van der Waals surface area contributed by atoms with Gasteiger partial charge >= 0.3 is 0 Å². The van der Waals surface area contributed by atoms with Gasteiger partial charge in [-0.1, -0.05) is 37.3 Å². The minimum Gasteiger partial charge on any atom is -0.343 e. The van der Waals surface area contributed by atoms with Gasteiger partial charge in [0.15, 0.2) is 0 Å². The van der Waals surface area contributed by atoms with Gasteiger partial charge in [0, 0.05) is 6.54 Å². The first kappa shape index (κ1) is 13.9. The Kier molecular flexibility index (Phi) is 3.53. The van der Waals surface area contributed by atoms with Crippen LogP contribution in [0, 0.1) is 0 Å². The van der Waals surface area contributed by atoms with Gasteiger partial charge in [-0.3, -0.25) is 9.48 Å². The second kappa shape index (κ2) is 5.35. The molecule has 3 rings (SSSR count). The maximum absolute atomic E-state index is 12.6. The van der Waals surface area contributed by atoms with Gasteiger partial charge in [-0.2, -0.15) is 5.10 Å². The molecule has 21 heavy (non-hydrogen) atoms. The highest BCUT2D eigenvalue weighted by molar-refractivity contribution is 5.95. The predicted molar refractivity (Wildman–Crippen MR) is 82.1 cm³/mol. The van der Waals surface area contributed by atoms with Crippen LogP contribution >= 0.6 is 0 Å². The van der Waals surface area contributed by atoms with Crippen LogP contribution in [0.4, 0.5) is 0 Å². The quantitative estimate of drug-likeness (QED) is 0.938. The summed E-state index contributed by atoms with van der Waals surface area (Å²) in [5.41, 5.74) is 2.57. The maximum atomic E-state index is 12.6. The predicted octanol–water partition coefficient (Wildman–Crippen LogP) is 2.88. The molecular weight excluding hydrogens is 262 g/mol. The lowest BCUT2D eigenvalue weighted by molar-refractivity contribution is 0.0901. The van der Waals surface area contributed by atoms with Crippen molar-refractivity contribution in [3.8, 4) is 0 Å². The molecule has 1 aromatic heterocycles. The Morgan fingerprint density at radius 3 is 2.86 bits per heavy atom. The number of hydrogen-bond donors (Lipinski definition) is 1. The molecular formula is C17H21N3O. The minimum absolute atomic E-state index is 0.0219. The Bertz CT molecular complexity index is 647. The third-order valence-corrected chi connectivity index (χ3v) is 4.48. The molecule has 0 bridgehead atoms. The van der Waals surface area contributed by atoms with Crippen LogP contribution in [0.2, 0.25) is 0 Å². The Morgan fingerprint density at radius 2 is 2.14 bits per heavy atom. The van der Waals surface area contributed by atoms with Crippen LogP contribution in [-0.2, 0) is 18.5 Å². The van der Waals surface area contributed by atoms with Crippen molar-refractivity contribution in [3.05, 3.63) is 53.3 Å². The summed E-state index contributed by atoms with van der Waals surface area (Å²) in [6.07, 6.45) is 4.56. The molecule has 0 aliphatic carbocycles. The molecule has 4 nitrogen and oxygen atoms in total. The van der Waals surface area contributed by atoms with Crippen molar-refractivity contribution < 1.29 is 4.79 Å². The van der Waals surface area contributed by atoms with E-state index in [2.05, 4.69) is 36.4 Å². The molecule has 0 saturated heterocycles. The van der Waals surface area contributed by atoms with E-state index in [0.717, 1.165) is 42.6 Å². The Balaban J connectivity index is 1.85. The number of carbonyl (C=O) groups excluding carboxylic acids is 1. The van der Waals surface area contributed by atoms with Crippen molar-refractivity contribution in [2.75, 3.05) is 0 Å². The molecule has 1 aliphatic heterocycles. The third kappa shape index (κ3) is 2.46. The summed E-state index contributed by atoms with van der Waals surface area (Å²) in [6, 6.07) is 10.1. The number of nitrogens with zero attached hydrogens (tertiary/aromatic N) is 2. The average Bonchev–Trinajstić information content (AvgIpc) is 3.10. The van der Waals surface area contributed by atoms with Crippen LogP contribution in [0.5, 0.6) is 0 Å². The summed E-state index contributed by atoms with van der Waals surface area (Å²) < 4.78 is 1.95. The molecule has 1 aliphatic rings. The number of rotatable bonds is 4. The van der Waals surface area contributed by atoms with E-state index in [-0.39, 0.29) is 11.4 Å². The first-order chi connectivity index (χ1) is 10.1. The first-order valence-electron chi connectivity index (χ1n) is 7.57. The van der Waals surface area contributed by atoms with Gasteiger partial charge in [0.1, 0.15) is 0 Å². The van der Waals surface area contributed by atoms with E-state index >= 15 is 0 Å². The summed E-state index contributed by atoms with van der Waals surface area (Å²) in [6.45, 7) is 5.09. The maximum Gasteiger partial charge on any atom is 0.255 e. The number of benzene rings is 1. The average molecular weight is 283 g/mol. The second-order valence-corrected chi connectivity index (χ2v) is 5.84. The molecule has 1 aromatic carbocycles. The zero-order valence-corrected chi connectivity index (χ0v) is 12.6. The lowest BCUT2D eigenvalue weighted by atomic mass is 9.89. The first-order valence-corrected chi connectivity index (χ1v) is 7.57. The van der Waals surface area contributed by atoms with Gasteiger partial charge in [0.25, 0.3) is 5.91 Å².